The first-order valence-electron chi connectivity index (χ1n) is 8.13. The van der Waals surface area contributed by atoms with E-state index in [2.05, 4.69) is 24.3 Å². The number of hydrogen-bond donors (Lipinski definition) is 3. The number of benzene rings is 1. The van der Waals surface area contributed by atoms with Gasteiger partial charge in [-0.25, -0.2) is 0 Å². The zero-order valence-corrected chi connectivity index (χ0v) is 18.0. The molecule has 0 fully saturated rings. The van der Waals surface area contributed by atoms with Gasteiger partial charge in [-0.05, 0) is 19.3 Å². The molecule has 0 amide bonds. The Morgan fingerprint density at radius 2 is 1.00 bits per heavy atom. The van der Waals surface area contributed by atoms with E-state index in [9.17, 15) is 14.4 Å². The first-order valence-corrected chi connectivity index (χ1v) is 9.55. The minimum absolute atomic E-state index is 0.292. The Hall–Kier alpha value is -1.57. The molecule has 0 aliphatic carbocycles. The van der Waals surface area contributed by atoms with Crippen molar-refractivity contribution in [3.63, 3.8) is 0 Å². The van der Waals surface area contributed by atoms with Crippen LogP contribution in [-0.4, -0.2) is 55.8 Å². The quantitative estimate of drug-likeness (QED) is 0.563. The van der Waals surface area contributed by atoms with Crippen molar-refractivity contribution in [2.45, 2.75) is 59.3 Å². The summed E-state index contributed by atoms with van der Waals surface area (Å²) in [6.45, 7) is 5.52. The molecule has 0 saturated heterocycles. The number of hydrogen-bond acceptors (Lipinski definition) is 3. The van der Waals surface area contributed by atoms with E-state index in [-0.39, 0.29) is 0 Å². The number of aliphatic carboxylic acids is 3. The number of carboxylic acid groups (broad SMARTS) is 3. The summed E-state index contributed by atoms with van der Waals surface area (Å²) in [6, 6.07) is 10.4. The second-order valence-corrected chi connectivity index (χ2v) is 6.45. The van der Waals surface area contributed by atoms with Crippen LogP contribution in [0.1, 0.15) is 59.3 Å². The molecule has 1 rings (SSSR count). The molecule has 6 nitrogen and oxygen atoms in total. The molecule has 0 bridgehead atoms. The van der Waals surface area contributed by atoms with Crippen LogP contribution in [0.15, 0.2) is 30.3 Å². The molecule has 1 aromatic rings. The Morgan fingerprint density at radius 1 is 0.720 bits per heavy atom. The molecule has 0 unspecified atom stereocenters. The van der Waals surface area contributed by atoms with E-state index in [0.717, 1.165) is 19.3 Å². The monoisotopic (exact) mass is 461 g/mol. The van der Waals surface area contributed by atoms with Crippen LogP contribution in [0.25, 0.3) is 0 Å². The molecule has 0 atom stereocenters. The van der Waals surface area contributed by atoms with Gasteiger partial charge in [-0.1, -0.05) is 20.8 Å². The average Bonchev–Trinajstić information content (AvgIpc) is 2.49. The third-order valence-electron chi connectivity index (χ3n) is 2.17. The molecule has 0 spiro atoms. The zero-order valence-electron chi connectivity index (χ0n) is 15.2. The van der Waals surface area contributed by atoms with Crippen LogP contribution in [-0.2, 0) is 14.4 Å². The Bertz CT molecular complexity index is 410. The van der Waals surface area contributed by atoms with Gasteiger partial charge in [0.25, 0.3) is 0 Å². The summed E-state index contributed by atoms with van der Waals surface area (Å²) < 4.78 is 1.41. The van der Waals surface area contributed by atoms with Crippen molar-refractivity contribution in [3.8, 4) is 0 Å². The van der Waals surface area contributed by atoms with Gasteiger partial charge in [0.05, 0.1) is 0 Å². The first-order chi connectivity index (χ1) is 11.7. The molecule has 25 heavy (non-hydrogen) atoms. The first kappa shape index (κ1) is 28.2. The molecule has 0 aromatic heterocycles. The molecule has 0 heterocycles. The summed E-state index contributed by atoms with van der Waals surface area (Å²) in [5.41, 5.74) is 0. The van der Waals surface area contributed by atoms with E-state index in [1.54, 1.807) is 0 Å². The molecule has 1 aromatic carbocycles. The van der Waals surface area contributed by atoms with Crippen LogP contribution in [0.5, 0.6) is 0 Å². The van der Waals surface area contributed by atoms with Gasteiger partial charge in [0.15, 0.2) is 0 Å². The molecular weight excluding hydrogens is 431 g/mol. The number of carboxylic acids is 3. The van der Waals surface area contributed by atoms with Gasteiger partial charge in [0, 0.05) is 19.3 Å². The van der Waals surface area contributed by atoms with E-state index in [1.165, 1.54) is 26.1 Å². The summed E-state index contributed by atoms with van der Waals surface area (Å²) in [7, 11) is 0. The van der Waals surface area contributed by atoms with Crippen LogP contribution in [0.4, 0.5) is 0 Å². The maximum absolute atomic E-state index is 9.60. The van der Waals surface area contributed by atoms with Gasteiger partial charge < -0.3 is 15.3 Å². The third kappa shape index (κ3) is 39.3. The molecule has 7 heteroatoms. The Balaban J connectivity index is -0.000000259. The van der Waals surface area contributed by atoms with Crippen LogP contribution in [0.3, 0.4) is 0 Å². The van der Waals surface area contributed by atoms with Crippen molar-refractivity contribution in [1.29, 1.82) is 0 Å². The average molecular weight is 460 g/mol. The summed E-state index contributed by atoms with van der Waals surface area (Å²) in [5.74, 6) is -2.13. The third-order valence-corrected chi connectivity index (χ3v) is 3.12. The van der Waals surface area contributed by atoms with Crippen molar-refractivity contribution in [2.75, 3.05) is 0 Å². The minimum atomic E-state index is -0.711. The SMILES string of the molecule is CCCC(=O)O.CCCC(=O)O.CCCC(=O)O.[Sn][c]1ccccc1. The summed E-state index contributed by atoms with van der Waals surface area (Å²) in [4.78, 5) is 28.8. The molecule has 3 N–H and O–H groups in total. The van der Waals surface area contributed by atoms with Gasteiger partial charge in [-0.3, -0.25) is 14.4 Å². The predicted molar refractivity (Wildman–Crippen MR) is 99.5 cm³/mol. The fourth-order valence-corrected chi connectivity index (χ4v) is 1.63. The van der Waals surface area contributed by atoms with E-state index in [4.69, 9.17) is 15.3 Å². The summed E-state index contributed by atoms with van der Waals surface area (Å²) >= 11 is 1.49. The van der Waals surface area contributed by atoms with Crippen molar-refractivity contribution in [1.82, 2.24) is 0 Å². The zero-order chi connectivity index (χ0) is 20.1. The summed E-state index contributed by atoms with van der Waals surface area (Å²) in [5, 5.41) is 23.7. The molecule has 0 aliphatic rings. The van der Waals surface area contributed by atoms with Gasteiger partial charge >= 0.3 is 74.3 Å². The van der Waals surface area contributed by atoms with Crippen molar-refractivity contribution in [3.05, 3.63) is 30.3 Å². The van der Waals surface area contributed by atoms with Crippen LogP contribution >= 0.6 is 0 Å². The normalized spacial score (nSPS) is 8.32. The van der Waals surface area contributed by atoms with E-state index in [1.807, 2.05) is 26.8 Å². The maximum atomic E-state index is 9.60. The Labute approximate surface area is 163 Å². The van der Waals surface area contributed by atoms with Crippen LogP contribution in [0.2, 0.25) is 0 Å². The molecule has 0 aliphatic heterocycles. The van der Waals surface area contributed by atoms with Crippen LogP contribution < -0.4 is 3.58 Å². The summed E-state index contributed by atoms with van der Waals surface area (Å²) in [6.07, 6.45) is 3.07. The molecular formula is C18H29O6Sn. The van der Waals surface area contributed by atoms with Gasteiger partial charge in [0.2, 0.25) is 0 Å². The van der Waals surface area contributed by atoms with Crippen molar-refractivity contribution >= 4 is 44.0 Å². The topological polar surface area (TPSA) is 112 Å². The van der Waals surface area contributed by atoms with E-state index < -0.39 is 17.9 Å². The second-order valence-electron chi connectivity index (χ2n) is 4.80. The van der Waals surface area contributed by atoms with Crippen LogP contribution in [0, 0.1) is 0 Å². The van der Waals surface area contributed by atoms with Crippen molar-refractivity contribution in [2.24, 2.45) is 0 Å². The van der Waals surface area contributed by atoms with Gasteiger partial charge in [-0.2, -0.15) is 0 Å². The van der Waals surface area contributed by atoms with E-state index in [0.29, 0.717) is 19.3 Å². The van der Waals surface area contributed by atoms with Gasteiger partial charge in [-0.15, -0.1) is 0 Å². The fraction of sp³-hybridized carbons (Fsp3) is 0.500. The van der Waals surface area contributed by atoms with Gasteiger partial charge in [0.1, 0.15) is 0 Å². The van der Waals surface area contributed by atoms with Crippen molar-refractivity contribution < 1.29 is 29.7 Å². The standard InChI is InChI=1S/C6H5.3C4H8O2.Sn/c1-2-4-6-5-3-1;3*1-2-3-4(5)6;/h1-5H;3*2-3H2,1H3,(H,5,6);. The van der Waals surface area contributed by atoms with E-state index >= 15 is 0 Å². The fourth-order valence-electron chi connectivity index (χ4n) is 1.08. The second kappa shape index (κ2) is 22.4. The molecule has 141 valence electrons. The molecule has 3 radical (unpaired) electrons. The number of carbonyl (C=O) groups is 3. The predicted octanol–water partition coefficient (Wildman–Crippen LogP) is 3.09. The number of rotatable bonds is 6. The Morgan fingerprint density at radius 3 is 1.08 bits per heavy atom. The molecule has 0 saturated carbocycles. The Kier molecular flexibility index (Phi) is 25.3.